The lowest BCUT2D eigenvalue weighted by Gasteiger charge is -2.26. The molecule has 1 aliphatic carbocycles. The Hall–Kier alpha value is -0.930. The van der Waals surface area contributed by atoms with E-state index in [-0.39, 0.29) is 24.8 Å². The van der Waals surface area contributed by atoms with Gasteiger partial charge in [-0.25, -0.2) is 8.78 Å². The average molecular weight is 315 g/mol. The summed E-state index contributed by atoms with van der Waals surface area (Å²) < 4.78 is 34.0. The van der Waals surface area contributed by atoms with Crippen LogP contribution in [0.15, 0.2) is 12.2 Å². The fourth-order valence-electron chi connectivity index (χ4n) is 3.12. The first kappa shape index (κ1) is 19.1. The number of alkyl halides is 2. The second-order valence-electron chi connectivity index (χ2n) is 6.80. The molecule has 0 amide bonds. The molecule has 22 heavy (non-hydrogen) atoms. The van der Waals surface area contributed by atoms with E-state index in [2.05, 4.69) is 0 Å². The molecule has 1 N–H and O–H groups in total. The molecule has 4 heteroatoms. The summed E-state index contributed by atoms with van der Waals surface area (Å²) in [5.74, 6) is -3.80. The highest BCUT2D eigenvalue weighted by Crippen LogP contribution is 2.34. The van der Waals surface area contributed by atoms with Crippen LogP contribution in [-0.2, 0) is 4.74 Å². The molecular weight excluding hydrogens is 284 g/mol. The van der Waals surface area contributed by atoms with Gasteiger partial charge in [0.2, 0.25) is 0 Å². The van der Waals surface area contributed by atoms with Gasteiger partial charge in [-0.2, -0.15) is 0 Å². The Kier molecular flexibility index (Phi) is 8.05. The van der Waals surface area contributed by atoms with Crippen molar-refractivity contribution in [1.29, 1.82) is 5.41 Å². The smallest absolute Gasteiger partial charge is 0.277 e. The maximum atomic E-state index is 14.5. The number of ether oxygens (including phenoxy) is 1. The fraction of sp³-hybridized carbons (Fsp3) is 0.833. The van der Waals surface area contributed by atoms with Crippen molar-refractivity contribution >= 4 is 5.90 Å². The maximum absolute atomic E-state index is 14.5. The van der Waals surface area contributed by atoms with Gasteiger partial charge in [-0.1, -0.05) is 52.0 Å². The van der Waals surface area contributed by atoms with E-state index in [1.165, 1.54) is 19.3 Å². The van der Waals surface area contributed by atoms with Crippen molar-refractivity contribution in [3.63, 3.8) is 0 Å². The number of halogens is 2. The van der Waals surface area contributed by atoms with Gasteiger partial charge in [0.15, 0.2) is 5.90 Å². The van der Waals surface area contributed by atoms with Crippen molar-refractivity contribution in [2.75, 3.05) is 6.61 Å². The molecule has 0 aromatic heterocycles. The first-order valence-electron chi connectivity index (χ1n) is 8.63. The van der Waals surface area contributed by atoms with E-state index in [0.717, 1.165) is 25.3 Å². The van der Waals surface area contributed by atoms with Crippen molar-refractivity contribution in [2.24, 2.45) is 17.8 Å². The molecule has 0 heterocycles. The van der Waals surface area contributed by atoms with Gasteiger partial charge in [-0.3, -0.25) is 5.41 Å². The minimum absolute atomic E-state index is 0.100. The van der Waals surface area contributed by atoms with Gasteiger partial charge < -0.3 is 4.74 Å². The lowest BCUT2D eigenvalue weighted by molar-refractivity contribution is 0.00126. The summed E-state index contributed by atoms with van der Waals surface area (Å²) >= 11 is 0. The second-order valence-corrected chi connectivity index (χ2v) is 6.80. The van der Waals surface area contributed by atoms with Crippen LogP contribution in [0.1, 0.15) is 65.7 Å². The van der Waals surface area contributed by atoms with Gasteiger partial charge in [0, 0.05) is 0 Å². The Bertz CT molecular complexity index is 360. The molecule has 1 aliphatic rings. The number of hydrogen-bond acceptors (Lipinski definition) is 2. The van der Waals surface area contributed by atoms with E-state index < -0.39 is 11.8 Å². The molecule has 1 saturated carbocycles. The number of allylic oxidation sites excluding steroid dienone is 2. The molecule has 2 nitrogen and oxygen atoms in total. The van der Waals surface area contributed by atoms with Crippen molar-refractivity contribution in [1.82, 2.24) is 0 Å². The zero-order chi connectivity index (χ0) is 16.6. The standard InChI is InChI=1S/C18H31F2NO/c1-4-22-17(21)16(13-14(2)3)18(19,20)12-8-11-15-9-6-5-7-10-15/h8,12,14-16,21H,4-7,9-11,13H2,1-3H3/b12-8+,21-17?. The molecule has 0 aliphatic heterocycles. The van der Waals surface area contributed by atoms with Crippen LogP contribution in [0.5, 0.6) is 0 Å². The van der Waals surface area contributed by atoms with E-state index >= 15 is 0 Å². The molecule has 1 rings (SSSR count). The minimum Gasteiger partial charge on any atom is -0.481 e. The van der Waals surface area contributed by atoms with Crippen molar-refractivity contribution in [3.8, 4) is 0 Å². The average Bonchev–Trinajstić information content (AvgIpc) is 2.45. The molecule has 128 valence electrons. The summed E-state index contributed by atoms with van der Waals surface area (Å²) in [5, 5.41) is 7.79. The Morgan fingerprint density at radius 3 is 2.45 bits per heavy atom. The summed E-state index contributed by atoms with van der Waals surface area (Å²) in [6, 6.07) is 0. The molecule has 1 fully saturated rings. The number of rotatable bonds is 8. The molecule has 0 spiro atoms. The predicted octanol–water partition coefficient (Wildman–Crippen LogP) is 5.82. The zero-order valence-corrected chi connectivity index (χ0v) is 14.2. The highest BCUT2D eigenvalue weighted by atomic mass is 19.3. The summed E-state index contributed by atoms with van der Waals surface area (Å²) in [4.78, 5) is 0. The summed E-state index contributed by atoms with van der Waals surface area (Å²) in [7, 11) is 0. The van der Waals surface area contributed by atoms with Crippen LogP contribution < -0.4 is 0 Å². The molecule has 1 atom stereocenters. The monoisotopic (exact) mass is 315 g/mol. The first-order valence-corrected chi connectivity index (χ1v) is 8.63. The summed E-state index contributed by atoms with van der Waals surface area (Å²) in [5.41, 5.74) is 0. The minimum atomic E-state index is -3.01. The highest BCUT2D eigenvalue weighted by molar-refractivity contribution is 5.77. The Balaban J connectivity index is 2.65. The predicted molar refractivity (Wildman–Crippen MR) is 87.6 cm³/mol. The number of hydrogen-bond donors (Lipinski definition) is 1. The van der Waals surface area contributed by atoms with Crippen molar-refractivity contribution in [2.45, 2.75) is 71.6 Å². The van der Waals surface area contributed by atoms with Gasteiger partial charge in [-0.05, 0) is 37.7 Å². The van der Waals surface area contributed by atoms with Crippen LogP contribution >= 0.6 is 0 Å². The SMILES string of the molecule is CCOC(=N)C(CC(C)C)C(F)(F)/C=C/CC1CCCCC1. The van der Waals surface area contributed by atoms with Gasteiger partial charge in [0.25, 0.3) is 5.92 Å². The van der Waals surface area contributed by atoms with Crippen LogP contribution in [-0.4, -0.2) is 18.4 Å². The van der Waals surface area contributed by atoms with Crippen molar-refractivity contribution in [3.05, 3.63) is 12.2 Å². The Labute approximate surface area is 133 Å². The van der Waals surface area contributed by atoms with Gasteiger partial charge in [0.05, 0.1) is 6.61 Å². The first-order chi connectivity index (χ1) is 10.4. The quantitative estimate of drug-likeness (QED) is 0.341. The molecule has 1 unspecified atom stereocenters. The molecule has 0 aromatic rings. The van der Waals surface area contributed by atoms with E-state index in [0.29, 0.717) is 5.92 Å². The van der Waals surface area contributed by atoms with Crippen LogP contribution in [0.25, 0.3) is 0 Å². The molecule has 0 radical (unpaired) electrons. The zero-order valence-electron chi connectivity index (χ0n) is 14.2. The highest BCUT2D eigenvalue weighted by Gasteiger charge is 2.41. The molecular formula is C18H31F2NO. The fourth-order valence-corrected chi connectivity index (χ4v) is 3.12. The third kappa shape index (κ3) is 6.45. The van der Waals surface area contributed by atoms with Crippen LogP contribution in [0.3, 0.4) is 0 Å². The largest absolute Gasteiger partial charge is 0.481 e. The topological polar surface area (TPSA) is 33.1 Å². The van der Waals surface area contributed by atoms with Gasteiger partial charge in [0.1, 0.15) is 5.92 Å². The number of nitrogens with one attached hydrogen (secondary N) is 1. The van der Waals surface area contributed by atoms with E-state index in [4.69, 9.17) is 10.1 Å². The van der Waals surface area contributed by atoms with Crippen molar-refractivity contribution < 1.29 is 13.5 Å². The summed E-state index contributed by atoms with van der Waals surface area (Å²) in [6.45, 7) is 5.77. The molecule has 0 bridgehead atoms. The van der Waals surface area contributed by atoms with Crippen LogP contribution in [0.4, 0.5) is 8.78 Å². The third-order valence-corrected chi connectivity index (χ3v) is 4.32. The molecule has 0 saturated heterocycles. The molecule has 0 aromatic carbocycles. The lowest BCUT2D eigenvalue weighted by atomic mass is 9.86. The Morgan fingerprint density at radius 1 is 1.27 bits per heavy atom. The normalized spacial score (nSPS) is 18.8. The van der Waals surface area contributed by atoms with Crippen LogP contribution in [0.2, 0.25) is 0 Å². The van der Waals surface area contributed by atoms with E-state index in [1.54, 1.807) is 13.0 Å². The van der Waals surface area contributed by atoms with Gasteiger partial charge >= 0.3 is 0 Å². The van der Waals surface area contributed by atoms with Crippen LogP contribution in [0, 0.1) is 23.2 Å². The van der Waals surface area contributed by atoms with E-state index in [1.807, 2.05) is 13.8 Å². The maximum Gasteiger partial charge on any atom is 0.277 e. The van der Waals surface area contributed by atoms with Gasteiger partial charge in [-0.15, -0.1) is 0 Å². The second kappa shape index (κ2) is 9.26. The lowest BCUT2D eigenvalue weighted by Crippen LogP contribution is -2.35. The summed E-state index contributed by atoms with van der Waals surface area (Å²) in [6.07, 6.45) is 9.66. The third-order valence-electron chi connectivity index (χ3n) is 4.32. The Morgan fingerprint density at radius 2 is 1.91 bits per heavy atom. The van der Waals surface area contributed by atoms with E-state index in [9.17, 15) is 8.78 Å².